The van der Waals surface area contributed by atoms with E-state index in [1.165, 1.54) is 0 Å². The third kappa shape index (κ3) is 5.79. The molecule has 1 unspecified atom stereocenters. The van der Waals surface area contributed by atoms with Crippen molar-refractivity contribution in [3.8, 4) is 11.5 Å². The van der Waals surface area contributed by atoms with Gasteiger partial charge in [0.25, 0.3) is 0 Å². The molecule has 0 aromatic heterocycles. The van der Waals surface area contributed by atoms with Crippen molar-refractivity contribution < 1.29 is 23.8 Å². The molecule has 33 heavy (non-hydrogen) atoms. The fourth-order valence-corrected chi connectivity index (χ4v) is 3.76. The van der Waals surface area contributed by atoms with E-state index in [-0.39, 0.29) is 12.2 Å². The lowest BCUT2D eigenvalue weighted by molar-refractivity contribution is -0.138. The zero-order valence-electron chi connectivity index (χ0n) is 19.2. The number of amides is 2. The lowest BCUT2D eigenvalue weighted by atomic mass is 9.92. The first-order chi connectivity index (χ1) is 15.8. The summed E-state index contributed by atoms with van der Waals surface area (Å²) in [5.41, 5.74) is 1.93. The third-order valence-corrected chi connectivity index (χ3v) is 5.14. The van der Waals surface area contributed by atoms with E-state index >= 15 is 0 Å². The molecule has 176 valence electrons. The molecular formula is C25H29ClN2O5. The molecule has 1 aliphatic heterocycles. The maximum Gasteiger partial charge on any atom is 0.338 e. The van der Waals surface area contributed by atoms with Gasteiger partial charge in [-0.05, 0) is 43.0 Å². The highest BCUT2D eigenvalue weighted by molar-refractivity contribution is 6.32. The minimum absolute atomic E-state index is 0.192. The smallest absolute Gasteiger partial charge is 0.338 e. The number of esters is 1. The van der Waals surface area contributed by atoms with Crippen molar-refractivity contribution in [2.75, 3.05) is 19.8 Å². The molecule has 2 N–H and O–H groups in total. The van der Waals surface area contributed by atoms with Gasteiger partial charge in [0.05, 0.1) is 42.2 Å². The molecule has 7 nitrogen and oxygen atoms in total. The van der Waals surface area contributed by atoms with Crippen LogP contribution in [0.5, 0.6) is 11.5 Å². The molecule has 8 heteroatoms. The van der Waals surface area contributed by atoms with E-state index in [0.29, 0.717) is 52.5 Å². The number of ether oxygens (including phenoxy) is 3. The molecule has 0 radical (unpaired) electrons. The van der Waals surface area contributed by atoms with E-state index in [1.54, 1.807) is 19.1 Å². The molecule has 2 aromatic carbocycles. The molecule has 1 heterocycles. The van der Waals surface area contributed by atoms with Crippen LogP contribution in [-0.4, -0.2) is 31.8 Å². The van der Waals surface area contributed by atoms with Crippen LogP contribution in [0.15, 0.2) is 48.0 Å². The van der Waals surface area contributed by atoms with Crippen LogP contribution in [0.25, 0.3) is 5.70 Å². The van der Waals surface area contributed by atoms with Gasteiger partial charge in [0.1, 0.15) is 0 Å². The van der Waals surface area contributed by atoms with Crippen molar-refractivity contribution in [1.82, 2.24) is 10.6 Å². The highest BCUT2D eigenvalue weighted by Crippen LogP contribution is 2.41. The van der Waals surface area contributed by atoms with E-state index in [9.17, 15) is 9.59 Å². The largest absolute Gasteiger partial charge is 0.490 e. The lowest BCUT2D eigenvalue weighted by Gasteiger charge is -2.30. The summed E-state index contributed by atoms with van der Waals surface area (Å²) in [6.45, 7) is 8.72. The summed E-state index contributed by atoms with van der Waals surface area (Å²) in [6, 6.07) is 11.3. The SMILES string of the molecule is CCOC(=O)C1=C(c2ccccc2)NC(=O)NC1c1cc(Cl)c(OCC(C)C)c(OCC)c1. The summed E-state index contributed by atoms with van der Waals surface area (Å²) in [4.78, 5) is 25.7. The molecule has 2 amide bonds. The summed E-state index contributed by atoms with van der Waals surface area (Å²) in [7, 11) is 0. The number of carbonyl (C=O) groups is 2. The first kappa shape index (κ1) is 24.5. The Morgan fingerprint density at radius 2 is 1.82 bits per heavy atom. The number of hydrogen-bond donors (Lipinski definition) is 2. The first-order valence-corrected chi connectivity index (χ1v) is 11.4. The van der Waals surface area contributed by atoms with Gasteiger partial charge < -0.3 is 24.8 Å². The summed E-state index contributed by atoms with van der Waals surface area (Å²) >= 11 is 6.59. The minimum Gasteiger partial charge on any atom is -0.490 e. The van der Waals surface area contributed by atoms with E-state index < -0.39 is 18.0 Å². The Bertz CT molecular complexity index is 1040. The van der Waals surface area contributed by atoms with Crippen molar-refractivity contribution in [1.29, 1.82) is 0 Å². The molecule has 3 rings (SSSR count). The van der Waals surface area contributed by atoms with Crippen LogP contribution in [0.2, 0.25) is 5.02 Å². The van der Waals surface area contributed by atoms with Gasteiger partial charge in [-0.25, -0.2) is 9.59 Å². The molecule has 2 aromatic rings. The second-order valence-electron chi connectivity index (χ2n) is 7.87. The zero-order chi connectivity index (χ0) is 24.0. The Morgan fingerprint density at radius 3 is 2.45 bits per heavy atom. The van der Waals surface area contributed by atoms with Gasteiger partial charge in [-0.3, -0.25) is 0 Å². The quantitative estimate of drug-likeness (QED) is 0.496. The Labute approximate surface area is 199 Å². The van der Waals surface area contributed by atoms with Gasteiger partial charge in [-0.15, -0.1) is 0 Å². The maximum atomic E-state index is 13.1. The molecule has 0 saturated carbocycles. The monoisotopic (exact) mass is 472 g/mol. The molecule has 1 atom stereocenters. The number of carbonyl (C=O) groups excluding carboxylic acids is 2. The average Bonchev–Trinajstić information content (AvgIpc) is 2.78. The zero-order valence-corrected chi connectivity index (χ0v) is 20.0. The van der Waals surface area contributed by atoms with Crippen LogP contribution in [0.1, 0.15) is 44.9 Å². The van der Waals surface area contributed by atoms with Crippen molar-refractivity contribution in [2.45, 2.75) is 33.7 Å². The number of halogens is 1. The summed E-state index contributed by atoms with van der Waals surface area (Å²) < 4.78 is 17.0. The maximum absolute atomic E-state index is 13.1. The van der Waals surface area contributed by atoms with Crippen molar-refractivity contribution in [3.05, 3.63) is 64.2 Å². The predicted molar refractivity (Wildman–Crippen MR) is 127 cm³/mol. The fraction of sp³-hybridized carbons (Fsp3) is 0.360. The normalized spacial score (nSPS) is 15.7. The van der Waals surface area contributed by atoms with E-state index in [4.69, 9.17) is 25.8 Å². The Kier molecular flexibility index (Phi) is 8.22. The third-order valence-electron chi connectivity index (χ3n) is 4.86. The molecule has 1 aliphatic rings. The fourth-order valence-electron chi connectivity index (χ4n) is 3.48. The molecule has 0 fully saturated rings. The Hall–Kier alpha value is -3.19. The van der Waals surface area contributed by atoms with Crippen LogP contribution < -0.4 is 20.1 Å². The minimum atomic E-state index is -0.802. The Balaban J connectivity index is 2.15. The molecule has 0 aliphatic carbocycles. The predicted octanol–water partition coefficient (Wildman–Crippen LogP) is 5.10. The van der Waals surface area contributed by atoms with Crippen LogP contribution in [0, 0.1) is 5.92 Å². The molecule has 0 spiro atoms. The topological polar surface area (TPSA) is 85.9 Å². The van der Waals surface area contributed by atoms with Crippen molar-refractivity contribution in [3.63, 3.8) is 0 Å². The second-order valence-corrected chi connectivity index (χ2v) is 8.28. The van der Waals surface area contributed by atoms with Crippen LogP contribution >= 0.6 is 11.6 Å². The van der Waals surface area contributed by atoms with E-state index in [0.717, 1.165) is 0 Å². The van der Waals surface area contributed by atoms with Gasteiger partial charge >= 0.3 is 12.0 Å². The average molecular weight is 473 g/mol. The van der Waals surface area contributed by atoms with Crippen LogP contribution in [-0.2, 0) is 9.53 Å². The highest BCUT2D eigenvalue weighted by atomic mass is 35.5. The second kappa shape index (κ2) is 11.1. The Morgan fingerprint density at radius 1 is 1.09 bits per heavy atom. The summed E-state index contributed by atoms with van der Waals surface area (Å²) in [5, 5.41) is 5.91. The van der Waals surface area contributed by atoms with Gasteiger partial charge in [0.2, 0.25) is 0 Å². The highest BCUT2D eigenvalue weighted by Gasteiger charge is 2.35. The van der Waals surface area contributed by atoms with Crippen LogP contribution in [0.3, 0.4) is 0 Å². The van der Waals surface area contributed by atoms with Crippen molar-refractivity contribution in [2.24, 2.45) is 5.92 Å². The number of benzene rings is 2. The number of hydrogen-bond acceptors (Lipinski definition) is 5. The first-order valence-electron chi connectivity index (χ1n) is 11.0. The van der Waals surface area contributed by atoms with Gasteiger partial charge in [0.15, 0.2) is 11.5 Å². The summed E-state index contributed by atoms with van der Waals surface area (Å²) in [5.74, 6) is 0.632. The number of nitrogens with one attached hydrogen (secondary N) is 2. The van der Waals surface area contributed by atoms with Crippen LogP contribution in [0.4, 0.5) is 4.79 Å². The molecular weight excluding hydrogens is 444 g/mol. The molecule has 0 saturated heterocycles. The standard InChI is InChI=1S/C25H29ClN2O5/c1-5-31-19-13-17(12-18(26)23(19)33-14-15(3)4)22-20(24(29)32-6-2)21(27-25(30)28-22)16-10-8-7-9-11-16/h7-13,15,22H,5-6,14H2,1-4H3,(H2,27,28,30). The lowest BCUT2D eigenvalue weighted by Crippen LogP contribution is -2.45. The van der Waals surface area contributed by atoms with Gasteiger partial charge in [-0.1, -0.05) is 55.8 Å². The van der Waals surface area contributed by atoms with E-state index in [1.807, 2.05) is 51.1 Å². The van der Waals surface area contributed by atoms with Crippen molar-refractivity contribution >= 4 is 29.3 Å². The van der Waals surface area contributed by atoms with E-state index in [2.05, 4.69) is 10.6 Å². The number of rotatable bonds is 9. The summed E-state index contributed by atoms with van der Waals surface area (Å²) in [6.07, 6.45) is 0. The van der Waals surface area contributed by atoms with Gasteiger partial charge in [-0.2, -0.15) is 0 Å². The van der Waals surface area contributed by atoms with Gasteiger partial charge in [0, 0.05) is 0 Å². The molecule has 0 bridgehead atoms. The number of urea groups is 1.